The summed E-state index contributed by atoms with van der Waals surface area (Å²) in [6.45, 7) is 0. The SMILES string of the molecule is CNC(C(N)=O)C(c1ccccc1)c1ccccc1. The molecule has 1 unspecified atom stereocenters. The quantitative estimate of drug-likeness (QED) is 0.856. The summed E-state index contributed by atoms with van der Waals surface area (Å²) < 4.78 is 0. The molecule has 3 heteroatoms. The third-order valence-electron chi connectivity index (χ3n) is 3.27. The summed E-state index contributed by atoms with van der Waals surface area (Å²) in [6.07, 6.45) is 0. The van der Waals surface area contributed by atoms with E-state index in [1.807, 2.05) is 60.7 Å². The first-order valence-corrected chi connectivity index (χ1v) is 6.30. The van der Waals surface area contributed by atoms with E-state index < -0.39 is 6.04 Å². The summed E-state index contributed by atoms with van der Waals surface area (Å²) in [5, 5.41) is 3.02. The Hall–Kier alpha value is -2.13. The maximum Gasteiger partial charge on any atom is 0.235 e. The highest BCUT2D eigenvalue weighted by molar-refractivity contribution is 5.82. The molecule has 0 aliphatic heterocycles. The number of nitrogens with one attached hydrogen (secondary N) is 1. The molecule has 19 heavy (non-hydrogen) atoms. The fraction of sp³-hybridized carbons (Fsp3) is 0.188. The predicted molar refractivity (Wildman–Crippen MR) is 76.8 cm³/mol. The van der Waals surface area contributed by atoms with Crippen LogP contribution >= 0.6 is 0 Å². The van der Waals surface area contributed by atoms with E-state index in [1.54, 1.807) is 7.05 Å². The van der Waals surface area contributed by atoms with Gasteiger partial charge in [0.05, 0.1) is 6.04 Å². The molecule has 98 valence electrons. The van der Waals surface area contributed by atoms with Crippen LogP contribution in [0.5, 0.6) is 0 Å². The first-order valence-electron chi connectivity index (χ1n) is 6.30. The summed E-state index contributed by atoms with van der Waals surface area (Å²) >= 11 is 0. The molecule has 1 atom stereocenters. The van der Waals surface area contributed by atoms with Crippen LogP contribution in [0.1, 0.15) is 17.0 Å². The van der Waals surface area contributed by atoms with Gasteiger partial charge in [-0.2, -0.15) is 0 Å². The number of carbonyl (C=O) groups excluding carboxylic acids is 1. The topological polar surface area (TPSA) is 55.1 Å². The van der Waals surface area contributed by atoms with Crippen molar-refractivity contribution in [3.05, 3.63) is 71.8 Å². The molecule has 3 nitrogen and oxygen atoms in total. The molecule has 0 fully saturated rings. The van der Waals surface area contributed by atoms with Crippen LogP contribution in [0.4, 0.5) is 0 Å². The van der Waals surface area contributed by atoms with Gasteiger partial charge >= 0.3 is 0 Å². The van der Waals surface area contributed by atoms with Crippen LogP contribution in [0.2, 0.25) is 0 Å². The molecule has 0 spiro atoms. The van der Waals surface area contributed by atoms with Crippen LogP contribution < -0.4 is 11.1 Å². The summed E-state index contributed by atoms with van der Waals surface area (Å²) in [5.74, 6) is -0.426. The second kappa shape index (κ2) is 6.16. The van der Waals surface area contributed by atoms with Gasteiger partial charge in [0.15, 0.2) is 0 Å². The highest BCUT2D eigenvalue weighted by atomic mass is 16.1. The van der Waals surface area contributed by atoms with Gasteiger partial charge in [0.1, 0.15) is 0 Å². The third kappa shape index (κ3) is 3.01. The van der Waals surface area contributed by atoms with E-state index in [2.05, 4.69) is 5.32 Å². The Morgan fingerprint density at radius 3 is 1.68 bits per heavy atom. The number of hydrogen-bond acceptors (Lipinski definition) is 2. The van der Waals surface area contributed by atoms with Crippen LogP contribution in [-0.4, -0.2) is 19.0 Å². The third-order valence-corrected chi connectivity index (χ3v) is 3.27. The van der Waals surface area contributed by atoms with Gasteiger partial charge in [0.2, 0.25) is 5.91 Å². The Morgan fingerprint density at radius 2 is 1.37 bits per heavy atom. The Labute approximate surface area is 113 Å². The number of hydrogen-bond donors (Lipinski definition) is 2. The fourth-order valence-electron chi connectivity index (χ4n) is 2.37. The highest BCUT2D eigenvalue weighted by Gasteiger charge is 2.27. The Balaban J connectivity index is 2.48. The van der Waals surface area contributed by atoms with Crippen molar-refractivity contribution in [1.29, 1.82) is 0 Å². The zero-order chi connectivity index (χ0) is 13.7. The van der Waals surface area contributed by atoms with Gasteiger partial charge in [-0.05, 0) is 18.2 Å². The van der Waals surface area contributed by atoms with Crippen LogP contribution in [0, 0.1) is 0 Å². The molecular weight excluding hydrogens is 236 g/mol. The molecule has 1 amide bonds. The predicted octanol–water partition coefficient (Wildman–Crippen LogP) is 1.89. The van der Waals surface area contributed by atoms with Gasteiger partial charge in [-0.15, -0.1) is 0 Å². The number of carbonyl (C=O) groups is 1. The zero-order valence-corrected chi connectivity index (χ0v) is 10.9. The minimum absolute atomic E-state index is 0.0788. The van der Waals surface area contributed by atoms with Crippen molar-refractivity contribution < 1.29 is 4.79 Å². The molecule has 0 radical (unpaired) electrons. The van der Waals surface area contributed by atoms with Gasteiger partial charge in [-0.3, -0.25) is 4.79 Å². The molecule has 0 aliphatic rings. The molecule has 0 saturated carbocycles. The van der Waals surface area contributed by atoms with Crippen molar-refractivity contribution in [2.24, 2.45) is 5.73 Å². The van der Waals surface area contributed by atoms with E-state index in [0.717, 1.165) is 11.1 Å². The molecule has 2 aromatic carbocycles. The van der Waals surface area contributed by atoms with Gasteiger partial charge in [-0.1, -0.05) is 60.7 Å². The lowest BCUT2D eigenvalue weighted by Gasteiger charge is -2.25. The number of likely N-dealkylation sites (N-methyl/N-ethyl adjacent to an activating group) is 1. The molecule has 0 saturated heterocycles. The number of benzene rings is 2. The Bertz CT molecular complexity index is 485. The normalized spacial score (nSPS) is 12.3. The summed E-state index contributed by atoms with van der Waals surface area (Å²) in [6, 6.07) is 19.5. The largest absolute Gasteiger partial charge is 0.368 e. The summed E-state index contributed by atoms with van der Waals surface area (Å²) in [7, 11) is 1.76. The molecule has 0 heterocycles. The zero-order valence-electron chi connectivity index (χ0n) is 10.9. The van der Waals surface area contributed by atoms with Gasteiger partial charge < -0.3 is 11.1 Å². The lowest BCUT2D eigenvalue weighted by molar-refractivity contribution is -0.120. The summed E-state index contributed by atoms with van der Waals surface area (Å²) in [5.41, 5.74) is 7.67. The molecular formula is C16H18N2O. The fourth-order valence-corrected chi connectivity index (χ4v) is 2.37. The average molecular weight is 254 g/mol. The second-order valence-corrected chi connectivity index (χ2v) is 4.47. The van der Waals surface area contributed by atoms with E-state index in [9.17, 15) is 4.79 Å². The van der Waals surface area contributed by atoms with Crippen molar-refractivity contribution in [3.8, 4) is 0 Å². The lowest BCUT2D eigenvalue weighted by Crippen LogP contribution is -2.44. The number of rotatable bonds is 5. The lowest BCUT2D eigenvalue weighted by atomic mass is 9.85. The van der Waals surface area contributed by atoms with E-state index >= 15 is 0 Å². The van der Waals surface area contributed by atoms with Gasteiger partial charge in [0.25, 0.3) is 0 Å². The first kappa shape index (κ1) is 13.3. The monoisotopic (exact) mass is 254 g/mol. The van der Waals surface area contributed by atoms with Crippen LogP contribution in [-0.2, 0) is 4.79 Å². The van der Waals surface area contributed by atoms with E-state index in [0.29, 0.717) is 0 Å². The molecule has 2 rings (SSSR count). The number of nitrogens with two attached hydrogens (primary N) is 1. The standard InChI is InChI=1S/C16H18N2O/c1-18-15(16(17)19)14(12-8-4-2-5-9-12)13-10-6-3-7-11-13/h2-11,14-15,18H,1H3,(H2,17,19). The van der Waals surface area contributed by atoms with Gasteiger partial charge in [-0.25, -0.2) is 0 Å². The van der Waals surface area contributed by atoms with E-state index in [-0.39, 0.29) is 11.8 Å². The van der Waals surface area contributed by atoms with Crippen molar-refractivity contribution >= 4 is 5.91 Å². The van der Waals surface area contributed by atoms with Crippen LogP contribution in [0.15, 0.2) is 60.7 Å². The first-order chi connectivity index (χ1) is 9.24. The molecule has 2 aromatic rings. The van der Waals surface area contributed by atoms with Crippen LogP contribution in [0.25, 0.3) is 0 Å². The Morgan fingerprint density at radius 1 is 0.947 bits per heavy atom. The van der Waals surface area contributed by atoms with Crippen molar-refractivity contribution in [3.63, 3.8) is 0 Å². The van der Waals surface area contributed by atoms with Crippen molar-refractivity contribution in [2.75, 3.05) is 7.05 Å². The second-order valence-electron chi connectivity index (χ2n) is 4.47. The Kier molecular flexibility index (Phi) is 4.31. The van der Waals surface area contributed by atoms with E-state index in [4.69, 9.17) is 5.73 Å². The molecule has 0 bridgehead atoms. The molecule has 0 aliphatic carbocycles. The summed E-state index contributed by atoms with van der Waals surface area (Å²) in [4.78, 5) is 11.7. The maximum absolute atomic E-state index is 11.7. The highest BCUT2D eigenvalue weighted by Crippen LogP contribution is 2.27. The van der Waals surface area contributed by atoms with Crippen LogP contribution in [0.3, 0.4) is 0 Å². The molecule has 3 N–H and O–H groups in total. The van der Waals surface area contributed by atoms with Gasteiger partial charge in [0, 0.05) is 5.92 Å². The van der Waals surface area contributed by atoms with Crippen molar-refractivity contribution in [2.45, 2.75) is 12.0 Å². The maximum atomic E-state index is 11.7. The smallest absolute Gasteiger partial charge is 0.235 e. The minimum Gasteiger partial charge on any atom is -0.368 e. The van der Waals surface area contributed by atoms with E-state index in [1.165, 1.54) is 0 Å². The minimum atomic E-state index is -0.426. The number of amides is 1. The molecule has 0 aromatic heterocycles. The average Bonchev–Trinajstić information content (AvgIpc) is 2.46. The number of primary amides is 1. The van der Waals surface area contributed by atoms with Crippen molar-refractivity contribution in [1.82, 2.24) is 5.32 Å².